The maximum absolute atomic E-state index is 13.4. The van der Waals surface area contributed by atoms with Gasteiger partial charge < -0.3 is 4.74 Å². The standard InChI is InChI=1S/C15H15FO/c1-11-8-9-13(10-15(11)16)12(2)17-14-6-4-3-5-7-14/h3-10,12H,1-2H3. The van der Waals surface area contributed by atoms with Crippen molar-refractivity contribution in [3.8, 4) is 5.75 Å². The molecule has 0 spiro atoms. The van der Waals surface area contributed by atoms with Gasteiger partial charge in [0.25, 0.3) is 0 Å². The van der Waals surface area contributed by atoms with Crippen molar-refractivity contribution in [3.63, 3.8) is 0 Å². The molecule has 0 aliphatic heterocycles. The van der Waals surface area contributed by atoms with Gasteiger partial charge in [-0.3, -0.25) is 0 Å². The van der Waals surface area contributed by atoms with Crippen LogP contribution in [0.1, 0.15) is 24.2 Å². The molecule has 2 aromatic carbocycles. The molecule has 0 saturated heterocycles. The minimum Gasteiger partial charge on any atom is -0.486 e. The van der Waals surface area contributed by atoms with Crippen molar-refractivity contribution in [2.24, 2.45) is 0 Å². The molecular formula is C15H15FO. The number of para-hydroxylation sites is 1. The Kier molecular flexibility index (Phi) is 3.43. The third kappa shape index (κ3) is 2.84. The van der Waals surface area contributed by atoms with Crippen molar-refractivity contribution in [3.05, 3.63) is 65.5 Å². The molecule has 0 aliphatic rings. The van der Waals surface area contributed by atoms with Crippen LogP contribution in [0, 0.1) is 12.7 Å². The highest BCUT2D eigenvalue weighted by Crippen LogP contribution is 2.22. The van der Waals surface area contributed by atoms with Crippen LogP contribution in [0.3, 0.4) is 0 Å². The summed E-state index contributed by atoms with van der Waals surface area (Å²) in [6, 6.07) is 14.7. The van der Waals surface area contributed by atoms with Gasteiger partial charge in [0, 0.05) is 0 Å². The Morgan fingerprint density at radius 2 is 1.76 bits per heavy atom. The van der Waals surface area contributed by atoms with Crippen molar-refractivity contribution in [2.75, 3.05) is 0 Å². The number of hydrogen-bond acceptors (Lipinski definition) is 1. The Labute approximate surface area is 101 Å². The van der Waals surface area contributed by atoms with Crippen LogP contribution in [0.25, 0.3) is 0 Å². The summed E-state index contributed by atoms with van der Waals surface area (Å²) in [6.45, 7) is 3.67. The topological polar surface area (TPSA) is 9.23 Å². The van der Waals surface area contributed by atoms with Crippen LogP contribution in [0.2, 0.25) is 0 Å². The predicted molar refractivity (Wildman–Crippen MR) is 66.6 cm³/mol. The van der Waals surface area contributed by atoms with E-state index in [1.807, 2.05) is 43.3 Å². The van der Waals surface area contributed by atoms with Gasteiger partial charge >= 0.3 is 0 Å². The normalized spacial score (nSPS) is 12.2. The van der Waals surface area contributed by atoms with Crippen molar-refractivity contribution < 1.29 is 9.13 Å². The molecule has 0 N–H and O–H groups in total. The van der Waals surface area contributed by atoms with Crippen LogP contribution in [-0.2, 0) is 0 Å². The van der Waals surface area contributed by atoms with Crippen molar-refractivity contribution >= 4 is 0 Å². The highest BCUT2D eigenvalue weighted by molar-refractivity contribution is 5.27. The third-order valence-corrected chi connectivity index (χ3v) is 2.72. The van der Waals surface area contributed by atoms with Crippen molar-refractivity contribution in [1.29, 1.82) is 0 Å². The van der Waals surface area contributed by atoms with Gasteiger partial charge in [0.2, 0.25) is 0 Å². The smallest absolute Gasteiger partial charge is 0.126 e. The molecule has 0 heterocycles. The van der Waals surface area contributed by atoms with E-state index in [1.165, 1.54) is 6.07 Å². The zero-order valence-electron chi connectivity index (χ0n) is 9.98. The molecule has 88 valence electrons. The lowest BCUT2D eigenvalue weighted by atomic mass is 10.1. The predicted octanol–water partition coefficient (Wildman–Crippen LogP) is 4.27. The lowest BCUT2D eigenvalue weighted by Crippen LogP contribution is -2.03. The van der Waals surface area contributed by atoms with E-state index in [9.17, 15) is 4.39 Å². The Hall–Kier alpha value is -1.83. The summed E-state index contributed by atoms with van der Waals surface area (Å²) in [5, 5.41) is 0. The fourth-order valence-corrected chi connectivity index (χ4v) is 1.63. The molecule has 17 heavy (non-hydrogen) atoms. The van der Waals surface area contributed by atoms with E-state index in [4.69, 9.17) is 4.74 Å². The van der Waals surface area contributed by atoms with Gasteiger partial charge in [-0.2, -0.15) is 0 Å². The lowest BCUT2D eigenvalue weighted by Gasteiger charge is -2.15. The number of benzene rings is 2. The van der Waals surface area contributed by atoms with E-state index < -0.39 is 0 Å². The summed E-state index contributed by atoms with van der Waals surface area (Å²) in [6.07, 6.45) is -0.160. The largest absolute Gasteiger partial charge is 0.486 e. The van der Waals surface area contributed by atoms with Crippen LogP contribution < -0.4 is 4.74 Å². The molecule has 0 saturated carbocycles. The highest BCUT2D eigenvalue weighted by Gasteiger charge is 2.09. The first-order valence-electron chi connectivity index (χ1n) is 5.64. The Morgan fingerprint density at radius 1 is 1.06 bits per heavy atom. The van der Waals surface area contributed by atoms with Crippen LogP contribution in [0.4, 0.5) is 4.39 Å². The molecule has 0 aliphatic carbocycles. The van der Waals surface area contributed by atoms with Crippen LogP contribution in [0.5, 0.6) is 5.75 Å². The van der Waals surface area contributed by atoms with Gasteiger partial charge in [-0.1, -0.05) is 30.3 Å². The van der Waals surface area contributed by atoms with E-state index in [0.29, 0.717) is 5.56 Å². The Bertz CT molecular complexity index is 494. The Balaban J connectivity index is 2.14. The molecule has 0 aromatic heterocycles. The van der Waals surface area contributed by atoms with E-state index in [-0.39, 0.29) is 11.9 Å². The molecule has 1 atom stereocenters. The molecule has 2 heteroatoms. The van der Waals surface area contributed by atoms with Gasteiger partial charge in [-0.25, -0.2) is 4.39 Å². The second-order valence-corrected chi connectivity index (χ2v) is 4.08. The number of hydrogen-bond donors (Lipinski definition) is 0. The number of halogens is 1. The lowest BCUT2D eigenvalue weighted by molar-refractivity contribution is 0.226. The van der Waals surface area contributed by atoms with E-state index in [2.05, 4.69) is 0 Å². The second-order valence-electron chi connectivity index (χ2n) is 4.08. The summed E-state index contributed by atoms with van der Waals surface area (Å²) in [4.78, 5) is 0. The first-order chi connectivity index (χ1) is 8.16. The Morgan fingerprint density at radius 3 is 2.41 bits per heavy atom. The quantitative estimate of drug-likeness (QED) is 0.765. The van der Waals surface area contributed by atoms with Gasteiger partial charge in [-0.05, 0) is 43.2 Å². The average Bonchev–Trinajstić information content (AvgIpc) is 2.34. The van der Waals surface area contributed by atoms with Gasteiger partial charge in [0.05, 0.1) is 0 Å². The molecule has 1 unspecified atom stereocenters. The van der Waals surface area contributed by atoms with E-state index in [1.54, 1.807) is 13.0 Å². The SMILES string of the molecule is Cc1ccc(C(C)Oc2ccccc2)cc1F. The molecule has 2 rings (SSSR count). The molecule has 1 nitrogen and oxygen atoms in total. The molecule has 0 amide bonds. The zero-order chi connectivity index (χ0) is 12.3. The van der Waals surface area contributed by atoms with Gasteiger partial charge in [-0.15, -0.1) is 0 Å². The molecule has 0 radical (unpaired) electrons. The zero-order valence-corrected chi connectivity index (χ0v) is 9.98. The van der Waals surface area contributed by atoms with Crippen LogP contribution in [-0.4, -0.2) is 0 Å². The molecular weight excluding hydrogens is 215 g/mol. The molecule has 0 fully saturated rings. The first-order valence-corrected chi connectivity index (χ1v) is 5.64. The summed E-state index contributed by atoms with van der Waals surface area (Å²) in [7, 11) is 0. The monoisotopic (exact) mass is 230 g/mol. The minimum absolute atomic E-state index is 0.160. The fourth-order valence-electron chi connectivity index (χ4n) is 1.63. The summed E-state index contributed by atoms with van der Waals surface area (Å²) in [5.74, 6) is 0.604. The van der Waals surface area contributed by atoms with Gasteiger partial charge in [0.1, 0.15) is 17.7 Å². The fraction of sp³-hybridized carbons (Fsp3) is 0.200. The third-order valence-electron chi connectivity index (χ3n) is 2.72. The first kappa shape index (κ1) is 11.6. The maximum atomic E-state index is 13.4. The highest BCUT2D eigenvalue weighted by atomic mass is 19.1. The van der Waals surface area contributed by atoms with E-state index in [0.717, 1.165) is 11.3 Å². The maximum Gasteiger partial charge on any atom is 0.126 e. The summed E-state index contributed by atoms with van der Waals surface area (Å²) >= 11 is 0. The van der Waals surface area contributed by atoms with E-state index >= 15 is 0 Å². The van der Waals surface area contributed by atoms with Crippen molar-refractivity contribution in [2.45, 2.75) is 20.0 Å². The van der Waals surface area contributed by atoms with Crippen molar-refractivity contribution in [1.82, 2.24) is 0 Å². The molecule has 0 bridgehead atoms. The summed E-state index contributed by atoms with van der Waals surface area (Å²) < 4.78 is 19.2. The van der Waals surface area contributed by atoms with Crippen LogP contribution >= 0.6 is 0 Å². The number of ether oxygens (including phenoxy) is 1. The summed E-state index contributed by atoms with van der Waals surface area (Å²) in [5.41, 5.74) is 1.50. The number of aryl methyl sites for hydroxylation is 1. The number of rotatable bonds is 3. The van der Waals surface area contributed by atoms with Gasteiger partial charge in [0.15, 0.2) is 0 Å². The molecule has 2 aromatic rings. The second kappa shape index (κ2) is 5.00. The van der Waals surface area contributed by atoms with Crippen LogP contribution in [0.15, 0.2) is 48.5 Å². The average molecular weight is 230 g/mol. The minimum atomic E-state index is -0.189.